The number of nitrogens with one attached hydrogen (secondary N) is 1. The Morgan fingerprint density at radius 3 is 2.90 bits per heavy atom. The van der Waals surface area contributed by atoms with E-state index in [-0.39, 0.29) is 5.92 Å². The number of carbonyl (C=O) groups is 1. The van der Waals surface area contributed by atoms with Crippen molar-refractivity contribution >= 4 is 11.9 Å². The Morgan fingerprint density at radius 1 is 1.57 bits per heavy atom. The molecule has 112 valence electrons. The van der Waals surface area contributed by atoms with Gasteiger partial charge < -0.3 is 15.0 Å². The molecule has 0 radical (unpaired) electrons. The molecule has 1 N–H and O–H groups in total. The van der Waals surface area contributed by atoms with E-state index in [0.29, 0.717) is 19.6 Å². The summed E-state index contributed by atoms with van der Waals surface area (Å²) in [7, 11) is 0. The predicted molar refractivity (Wildman–Crippen MR) is 78.6 cm³/mol. The van der Waals surface area contributed by atoms with Crippen molar-refractivity contribution in [2.75, 3.05) is 18.0 Å². The van der Waals surface area contributed by atoms with Crippen LogP contribution in [0.1, 0.15) is 26.3 Å². The van der Waals surface area contributed by atoms with Gasteiger partial charge >= 0.3 is 6.09 Å². The van der Waals surface area contributed by atoms with Crippen molar-refractivity contribution in [1.29, 1.82) is 5.26 Å². The highest BCUT2D eigenvalue weighted by molar-refractivity contribution is 5.68. The van der Waals surface area contributed by atoms with Crippen molar-refractivity contribution in [3.63, 3.8) is 0 Å². The van der Waals surface area contributed by atoms with Crippen LogP contribution in [-0.2, 0) is 11.3 Å². The molecule has 1 saturated heterocycles. The first kappa shape index (κ1) is 15.1. The van der Waals surface area contributed by atoms with Gasteiger partial charge in [0.2, 0.25) is 0 Å². The third-order valence-corrected chi connectivity index (χ3v) is 3.05. The third kappa shape index (κ3) is 4.09. The van der Waals surface area contributed by atoms with Crippen LogP contribution < -0.4 is 10.2 Å². The predicted octanol–water partition coefficient (Wildman–Crippen LogP) is 2.07. The number of carbonyl (C=O) groups excluding carboxylic acids is 1. The lowest BCUT2D eigenvalue weighted by molar-refractivity contribution is 0.0523. The molecule has 1 aliphatic rings. The van der Waals surface area contributed by atoms with Crippen LogP contribution in [0.4, 0.5) is 10.6 Å². The maximum absolute atomic E-state index is 11.7. The minimum absolute atomic E-state index is 0.0682. The van der Waals surface area contributed by atoms with Crippen LogP contribution in [0.2, 0.25) is 0 Å². The molecule has 2 heterocycles. The molecule has 21 heavy (non-hydrogen) atoms. The highest BCUT2D eigenvalue weighted by Crippen LogP contribution is 2.25. The van der Waals surface area contributed by atoms with Crippen LogP contribution in [0, 0.1) is 17.2 Å². The standard InChI is InChI=1S/C15H20N4O2/c1-15(2,3)21-14(20)18-8-12-5-4-6-17-13(12)19-9-11(7-16)10-19/h4-6,11H,8-10H2,1-3H3,(H,18,20). The van der Waals surface area contributed by atoms with Gasteiger partial charge in [-0.3, -0.25) is 0 Å². The van der Waals surface area contributed by atoms with E-state index in [1.54, 1.807) is 6.20 Å². The molecule has 6 nitrogen and oxygen atoms in total. The monoisotopic (exact) mass is 288 g/mol. The summed E-state index contributed by atoms with van der Waals surface area (Å²) in [6, 6.07) is 5.98. The highest BCUT2D eigenvalue weighted by Gasteiger charge is 2.29. The van der Waals surface area contributed by atoms with Crippen molar-refractivity contribution in [3.8, 4) is 6.07 Å². The van der Waals surface area contributed by atoms with Gasteiger partial charge in [-0.1, -0.05) is 6.07 Å². The van der Waals surface area contributed by atoms with Gasteiger partial charge in [-0.15, -0.1) is 0 Å². The minimum atomic E-state index is -0.515. The molecule has 1 aliphatic heterocycles. The lowest BCUT2D eigenvalue weighted by Gasteiger charge is -2.37. The Labute approximate surface area is 124 Å². The van der Waals surface area contributed by atoms with Gasteiger partial charge in [0.1, 0.15) is 11.4 Å². The van der Waals surface area contributed by atoms with E-state index in [1.165, 1.54) is 0 Å². The zero-order chi connectivity index (χ0) is 15.5. The van der Waals surface area contributed by atoms with Crippen molar-refractivity contribution < 1.29 is 9.53 Å². The summed E-state index contributed by atoms with van der Waals surface area (Å²) in [6.07, 6.45) is 1.27. The van der Waals surface area contributed by atoms with Crippen LogP contribution in [0.25, 0.3) is 0 Å². The molecule has 0 spiro atoms. The first-order chi connectivity index (χ1) is 9.89. The molecule has 0 aromatic carbocycles. The van der Waals surface area contributed by atoms with Gasteiger partial charge in [0, 0.05) is 31.4 Å². The average molecular weight is 288 g/mol. The number of pyridine rings is 1. The summed E-state index contributed by atoms with van der Waals surface area (Å²) in [5.74, 6) is 0.888. The molecular formula is C15H20N4O2. The van der Waals surface area contributed by atoms with Crippen molar-refractivity contribution in [1.82, 2.24) is 10.3 Å². The number of ether oxygens (including phenoxy) is 1. The summed E-state index contributed by atoms with van der Waals surface area (Å²) in [5.41, 5.74) is 0.402. The largest absolute Gasteiger partial charge is 0.444 e. The highest BCUT2D eigenvalue weighted by atomic mass is 16.6. The Morgan fingerprint density at radius 2 is 2.29 bits per heavy atom. The number of anilines is 1. The Kier molecular flexibility index (Phi) is 4.32. The number of hydrogen-bond acceptors (Lipinski definition) is 5. The second kappa shape index (κ2) is 6.00. The number of nitriles is 1. The SMILES string of the molecule is CC(C)(C)OC(=O)NCc1cccnc1N1CC(C#N)C1. The molecule has 0 unspecified atom stereocenters. The van der Waals surface area contributed by atoms with Gasteiger partial charge in [-0.25, -0.2) is 9.78 Å². The smallest absolute Gasteiger partial charge is 0.407 e. The number of alkyl carbamates (subject to hydrolysis) is 1. The van der Waals surface area contributed by atoms with Gasteiger partial charge in [0.25, 0.3) is 0 Å². The Balaban J connectivity index is 1.95. The number of amides is 1. The van der Waals surface area contributed by atoms with Gasteiger partial charge in [-0.05, 0) is 26.8 Å². The maximum Gasteiger partial charge on any atom is 0.407 e. The second-order valence-electron chi connectivity index (χ2n) is 6.07. The summed E-state index contributed by atoms with van der Waals surface area (Å²) in [6.45, 7) is 7.20. The molecule has 6 heteroatoms. The zero-order valence-electron chi connectivity index (χ0n) is 12.6. The molecule has 2 rings (SSSR count). The van der Waals surface area contributed by atoms with Crippen LogP contribution in [-0.4, -0.2) is 29.8 Å². The minimum Gasteiger partial charge on any atom is -0.444 e. The zero-order valence-corrected chi connectivity index (χ0v) is 12.6. The van der Waals surface area contributed by atoms with Crippen LogP contribution in [0.15, 0.2) is 18.3 Å². The van der Waals surface area contributed by atoms with E-state index in [9.17, 15) is 4.79 Å². The Bertz CT molecular complexity index is 554. The number of nitrogens with zero attached hydrogens (tertiary/aromatic N) is 3. The van der Waals surface area contributed by atoms with Crippen molar-refractivity contribution in [2.45, 2.75) is 32.9 Å². The van der Waals surface area contributed by atoms with Crippen LogP contribution >= 0.6 is 0 Å². The fraction of sp³-hybridized carbons (Fsp3) is 0.533. The number of aromatic nitrogens is 1. The molecule has 1 aromatic rings. The summed E-state index contributed by atoms with van der Waals surface area (Å²) in [4.78, 5) is 18.1. The van der Waals surface area contributed by atoms with Crippen molar-refractivity contribution in [2.24, 2.45) is 5.92 Å². The molecule has 0 atom stereocenters. The van der Waals surface area contributed by atoms with E-state index in [4.69, 9.17) is 10.00 Å². The molecule has 1 fully saturated rings. The topological polar surface area (TPSA) is 78.2 Å². The molecule has 0 aliphatic carbocycles. The van der Waals surface area contributed by atoms with E-state index in [2.05, 4.69) is 16.4 Å². The number of hydrogen-bond donors (Lipinski definition) is 1. The van der Waals surface area contributed by atoms with E-state index in [1.807, 2.05) is 37.8 Å². The van der Waals surface area contributed by atoms with Crippen molar-refractivity contribution in [3.05, 3.63) is 23.9 Å². The quantitative estimate of drug-likeness (QED) is 0.921. The maximum atomic E-state index is 11.7. The normalized spacial score (nSPS) is 15.0. The van der Waals surface area contributed by atoms with E-state index >= 15 is 0 Å². The molecular weight excluding hydrogens is 268 g/mol. The van der Waals surface area contributed by atoms with Gasteiger partial charge in [0.15, 0.2) is 0 Å². The first-order valence-corrected chi connectivity index (χ1v) is 6.94. The van der Waals surface area contributed by atoms with E-state index in [0.717, 1.165) is 11.4 Å². The second-order valence-corrected chi connectivity index (χ2v) is 6.07. The van der Waals surface area contributed by atoms with Crippen LogP contribution in [0.3, 0.4) is 0 Å². The molecule has 0 bridgehead atoms. The molecule has 1 amide bonds. The lowest BCUT2D eigenvalue weighted by Crippen LogP contribution is -2.47. The molecule has 0 saturated carbocycles. The average Bonchev–Trinajstić information content (AvgIpc) is 2.34. The van der Waals surface area contributed by atoms with Gasteiger partial charge in [0.05, 0.1) is 12.0 Å². The van der Waals surface area contributed by atoms with Gasteiger partial charge in [-0.2, -0.15) is 5.26 Å². The summed E-state index contributed by atoms with van der Waals surface area (Å²) in [5, 5.41) is 11.6. The fourth-order valence-corrected chi connectivity index (χ4v) is 2.07. The number of rotatable bonds is 3. The summed E-state index contributed by atoms with van der Waals surface area (Å²) < 4.78 is 5.21. The Hall–Kier alpha value is -2.29. The fourth-order valence-electron chi connectivity index (χ4n) is 2.07. The summed E-state index contributed by atoms with van der Waals surface area (Å²) >= 11 is 0. The molecule has 1 aromatic heterocycles. The first-order valence-electron chi connectivity index (χ1n) is 6.94. The lowest BCUT2D eigenvalue weighted by atomic mass is 10.0. The van der Waals surface area contributed by atoms with E-state index < -0.39 is 11.7 Å². The third-order valence-electron chi connectivity index (χ3n) is 3.05. The van der Waals surface area contributed by atoms with Crippen LogP contribution in [0.5, 0.6) is 0 Å².